The molecule has 3 fully saturated rings. The molecule has 0 radical (unpaired) electrons. The number of carbonyl (C=O) groups is 1. The van der Waals surface area contributed by atoms with Crippen molar-refractivity contribution < 1.29 is 58.4 Å². The minimum Gasteiger partial charge on any atom is -0.459 e. The number of carbonyl (C=O) groups excluding carboxylic acids is 1. The molecule has 0 amide bonds. The van der Waals surface area contributed by atoms with Crippen LogP contribution in [-0.4, -0.2) is 168 Å². The van der Waals surface area contributed by atoms with E-state index in [9.17, 15) is 25.2 Å². The van der Waals surface area contributed by atoms with Crippen molar-refractivity contribution >= 4 is 5.97 Å². The largest absolute Gasteiger partial charge is 0.459 e. The highest BCUT2D eigenvalue weighted by Gasteiger charge is 2.53. The van der Waals surface area contributed by atoms with E-state index < -0.39 is 96.0 Å². The van der Waals surface area contributed by atoms with E-state index in [1.165, 1.54) is 14.0 Å². The van der Waals surface area contributed by atoms with Crippen LogP contribution in [0.5, 0.6) is 0 Å². The fourth-order valence-corrected chi connectivity index (χ4v) is 8.91. The number of hydrogen-bond donors (Lipinski definition) is 4. The number of aliphatic hydroxyl groups excluding tert-OH is 3. The second-order valence-electron chi connectivity index (χ2n) is 17.3. The Hall–Kier alpha value is -1.01. The minimum absolute atomic E-state index is 0.0123. The zero-order valence-corrected chi connectivity index (χ0v) is 35.1. The molecule has 14 nitrogen and oxygen atoms in total. The second-order valence-corrected chi connectivity index (χ2v) is 17.3. The molecule has 14 heteroatoms. The third-order valence-electron chi connectivity index (χ3n) is 12.7. The van der Waals surface area contributed by atoms with Gasteiger partial charge in [0.15, 0.2) is 12.6 Å². The molecule has 4 N–H and O–H groups in total. The lowest BCUT2D eigenvalue weighted by molar-refractivity contribution is -0.319. The van der Waals surface area contributed by atoms with E-state index in [0.29, 0.717) is 19.4 Å². The lowest BCUT2D eigenvalue weighted by atomic mass is 9.77. The summed E-state index contributed by atoms with van der Waals surface area (Å²) in [5.74, 6) is -2.22. The average Bonchev–Trinajstić information content (AvgIpc) is 3.09. The van der Waals surface area contributed by atoms with Crippen LogP contribution in [0.15, 0.2) is 0 Å². The Morgan fingerprint density at radius 2 is 1.51 bits per heavy atom. The summed E-state index contributed by atoms with van der Waals surface area (Å²) >= 11 is 0. The van der Waals surface area contributed by atoms with Crippen LogP contribution in [0.1, 0.15) is 94.9 Å². The predicted octanol–water partition coefficient (Wildman–Crippen LogP) is 2.55. The van der Waals surface area contributed by atoms with E-state index in [-0.39, 0.29) is 30.9 Å². The molecule has 3 aliphatic rings. The Bertz CT molecular complexity index is 1160. The summed E-state index contributed by atoms with van der Waals surface area (Å²) in [6, 6.07) is -0.727. The molecule has 3 heterocycles. The molecule has 0 bridgehead atoms. The summed E-state index contributed by atoms with van der Waals surface area (Å²) in [5, 5.41) is 45.9. The molecule has 3 aliphatic heterocycles. The van der Waals surface area contributed by atoms with Gasteiger partial charge in [-0.15, -0.1) is 0 Å². The van der Waals surface area contributed by atoms with Crippen LogP contribution < -0.4 is 0 Å². The van der Waals surface area contributed by atoms with Crippen molar-refractivity contribution in [2.24, 2.45) is 17.8 Å². The Balaban J connectivity index is 2.21. The normalized spacial score (nSPS) is 48.9. The Morgan fingerprint density at radius 3 is 2.06 bits per heavy atom. The molecule has 0 aromatic rings. The van der Waals surface area contributed by atoms with Crippen molar-refractivity contribution in [3.05, 3.63) is 0 Å². The molecule has 0 spiro atoms. The number of ether oxygens (including phenoxy) is 7. The molecular weight excluding hydrogens is 688 g/mol. The highest BCUT2D eigenvalue weighted by atomic mass is 16.7. The van der Waals surface area contributed by atoms with Gasteiger partial charge in [0.25, 0.3) is 0 Å². The van der Waals surface area contributed by atoms with E-state index >= 15 is 0 Å². The van der Waals surface area contributed by atoms with E-state index in [0.717, 1.165) is 0 Å². The fourth-order valence-electron chi connectivity index (χ4n) is 8.91. The SMILES string of the molecule is CC[C@H]1OC(=O)[C@H](C)[C@@H](O[C@H]2C[C@@](C)(OC)[C@@H](O)[C@@H](C)O2)[C@H](C)[C@@H](O[C@@H]2O[C@H](C)C[C@@H](N(C)C)[C@H]2O)[C@](C)(OC)C[C@@H](C)CN(C)[C@H](C)[C@@H](O)[C@]1(C)O. The molecule has 3 rings (SSSR count). The van der Waals surface area contributed by atoms with Gasteiger partial charge in [0.05, 0.1) is 41.5 Å². The van der Waals surface area contributed by atoms with Crippen molar-refractivity contribution in [1.82, 2.24) is 9.80 Å². The standard InChI is InChI=1S/C39H74N2O12/c1-16-28-39(10,46)32(43)25(6)41(13)20-21(2)18-38(9,48-15)34(53-36-30(42)27(40(11)12)17-22(3)49-36)23(4)31(24(5)35(45)51-28)52-29-19-37(8,47-14)33(44)26(7)50-29/h21-34,36,42-44,46H,16-20H2,1-15H3/t21-,22-,23+,24-,25-,26-,27-,28-,29+,30-,31+,32-,33+,34-,36+,37-,38-,39-/m1/s1. The number of esters is 1. The molecule has 0 saturated carbocycles. The molecule has 18 atom stereocenters. The summed E-state index contributed by atoms with van der Waals surface area (Å²) < 4.78 is 44.5. The molecule has 0 aromatic carbocycles. The van der Waals surface area contributed by atoms with E-state index in [2.05, 4.69) is 6.92 Å². The number of rotatable bonds is 8. The number of nitrogens with zero attached hydrogens (tertiary/aromatic N) is 2. The van der Waals surface area contributed by atoms with E-state index in [1.807, 2.05) is 58.6 Å². The van der Waals surface area contributed by atoms with Crippen LogP contribution in [0.25, 0.3) is 0 Å². The van der Waals surface area contributed by atoms with Gasteiger partial charge in [0.2, 0.25) is 0 Å². The summed E-state index contributed by atoms with van der Waals surface area (Å²) in [6.45, 7) is 18.8. The highest BCUT2D eigenvalue weighted by molar-refractivity contribution is 5.73. The van der Waals surface area contributed by atoms with Gasteiger partial charge in [-0.25, -0.2) is 0 Å². The van der Waals surface area contributed by atoms with Crippen molar-refractivity contribution in [2.45, 2.75) is 185 Å². The zero-order valence-electron chi connectivity index (χ0n) is 35.1. The smallest absolute Gasteiger partial charge is 0.311 e. The third-order valence-corrected chi connectivity index (χ3v) is 12.7. The fraction of sp³-hybridized carbons (Fsp3) is 0.974. The topological polar surface area (TPSA) is 169 Å². The molecule has 312 valence electrons. The van der Waals surface area contributed by atoms with Crippen LogP contribution >= 0.6 is 0 Å². The van der Waals surface area contributed by atoms with E-state index in [4.69, 9.17) is 33.2 Å². The maximum Gasteiger partial charge on any atom is 0.311 e. The summed E-state index contributed by atoms with van der Waals surface area (Å²) in [6.07, 6.45) is -7.22. The molecule has 0 aromatic heterocycles. The van der Waals surface area contributed by atoms with E-state index in [1.54, 1.807) is 34.8 Å². The molecule has 53 heavy (non-hydrogen) atoms. The van der Waals surface area contributed by atoms with Crippen molar-refractivity contribution in [1.29, 1.82) is 0 Å². The van der Waals surface area contributed by atoms with Crippen LogP contribution in [0.2, 0.25) is 0 Å². The van der Waals surface area contributed by atoms with Gasteiger partial charge in [-0.05, 0) is 94.8 Å². The number of hydrogen-bond acceptors (Lipinski definition) is 14. The molecule has 3 saturated heterocycles. The van der Waals surface area contributed by atoms with Crippen molar-refractivity contribution in [3.63, 3.8) is 0 Å². The van der Waals surface area contributed by atoms with Gasteiger partial charge in [0.1, 0.15) is 30.0 Å². The lowest BCUT2D eigenvalue weighted by Gasteiger charge is -2.49. The third kappa shape index (κ3) is 10.3. The first kappa shape index (κ1) is 46.4. The van der Waals surface area contributed by atoms with Gasteiger partial charge in [-0.3, -0.25) is 4.79 Å². The van der Waals surface area contributed by atoms with Crippen LogP contribution in [0.3, 0.4) is 0 Å². The van der Waals surface area contributed by atoms with Gasteiger partial charge < -0.3 is 63.4 Å². The van der Waals surface area contributed by atoms with Crippen LogP contribution in [-0.2, 0) is 38.0 Å². The van der Waals surface area contributed by atoms with Crippen molar-refractivity contribution in [2.75, 3.05) is 41.9 Å². The predicted molar refractivity (Wildman–Crippen MR) is 199 cm³/mol. The molecule has 0 unspecified atom stereocenters. The highest BCUT2D eigenvalue weighted by Crippen LogP contribution is 2.41. The Labute approximate surface area is 318 Å². The minimum atomic E-state index is -1.78. The Morgan fingerprint density at radius 1 is 0.906 bits per heavy atom. The summed E-state index contributed by atoms with van der Waals surface area (Å²) in [4.78, 5) is 18.3. The Kier molecular flexibility index (Phi) is 16.2. The summed E-state index contributed by atoms with van der Waals surface area (Å²) in [5.41, 5.74) is -3.79. The van der Waals surface area contributed by atoms with Gasteiger partial charge >= 0.3 is 5.97 Å². The summed E-state index contributed by atoms with van der Waals surface area (Å²) in [7, 11) is 8.87. The number of likely N-dealkylation sites (N-methyl/N-ethyl adjacent to an activating group) is 2. The van der Waals surface area contributed by atoms with Crippen LogP contribution in [0.4, 0.5) is 0 Å². The maximum atomic E-state index is 14.3. The van der Waals surface area contributed by atoms with Gasteiger partial charge in [-0.1, -0.05) is 20.8 Å². The first-order valence-corrected chi connectivity index (χ1v) is 19.5. The number of aliphatic hydroxyl groups is 4. The average molecular weight is 763 g/mol. The number of methoxy groups -OCH3 is 2. The number of cyclic esters (lactones) is 1. The first-order valence-electron chi connectivity index (χ1n) is 19.5. The monoisotopic (exact) mass is 763 g/mol. The van der Waals surface area contributed by atoms with Crippen molar-refractivity contribution in [3.8, 4) is 0 Å². The molecular formula is C39H74N2O12. The van der Waals surface area contributed by atoms with Gasteiger partial charge in [0, 0.05) is 45.2 Å². The second kappa shape index (κ2) is 18.5. The maximum absolute atomic E-state index is 14.3. The van der Waals surface area contributed by atoms with Crippen LogP contribution in [0, 0.1) is 17.8 Å². The zero-order chi connectivity index (χ0) is 40.4. The first-order chi connectivity index (χ1) is 24.5. The molecule has 0 aliphatic carbocycles. The quantitative estimate of drug-likeness (QED) is 0.266. The van der Waals surface area contributed by atoms with Gasteiger partial charge in [-0.2, -0.15) is 0 Å². The lowest BCUT2D eigenvalue weighted by Crippen LogP contribution is -2.61.